The number of nitrogens with zero attached hydrogens (tertiary/aromatic N) is 4. The van der Waals surface area contributed by atoms with Crippen LogP contribution in [0.3, 0.4) is 0 Å². The summed E-state index contributed by atoms with van der Waals surface area (Å²) in [6.45, 7) is 26.7. The maximum atomic E-state index is 13.2. The number of pyridine rings is 1. The highest BCUT2D eigenvalue weighted by Crippen LogP contribution is 2.30. The fourth-order valence-electron chi connectivity index (χ4n) is 4.27. The van der Waals surface area contributed by atoms with E-state index in [4.69, 9.17) is 22.6 Å². The zero-order valence-corrected chi connectivity index (χ0v) is 23.5. The van der Waals surface area contributed by atoms with Crippen LogP contribution in [-0.2, 0) is 25.6 Å². The van der Waals surface area contributed by atoms with Crippen LogP contribution in [-0.4, -0.2) is 59.3 Å². The van der Waals surface area contributed by atoms with E-state index in [0.29, 0.717) is 26.1 Å². The number of piperidine rings is 1. The van der Waals surface area contributed by atoms with Gasteiger partial charge in [0.2, 0.25) is 0 Å². The summed E-state index contributed by atoms with van der Waals surface area (Å²) in [5.41, 5.74) is 0.0219. The van der Waals surface area contributed by atoms with Gasteiger partial charge >= 0.3 is 11.9 Å². The van der Waals surface area contributed by atoms with Crippen LogP contribution in [0, 0.1) is 26.0 Å². The Bertz CT molecular complexity index is 1260. The van der Waals surface area contributed by atoms with Crippen molar-refractivity contribution in [3.63, 3.8) is 0 Å². The van der Waals surface area contributed by atoms with Crippen molar-refractivity contribution in [1.29, 1.82) is 0 Å². The smallest absolute Gasteiger partial charge is 0.313 e. The topological polar surface area (TPSA) is 110 Å². The maximum Gasteiger partial charge on any atom is 0.313 e. The van der Waals surface area contributed by atoms with Gasteiger partial charge in [-0.3, -0.25) is 19.3 Å². The van der Waals surface area contributed by atoms with Crippen molar-refractivity contribution in [2.45, 2.75) is 79.2 Å². The Morgan fingerprint density at radius 2 is 1.62 bits per heavy atom. The molecule has 39 heavy (non-hydrogen) atoms. The molecule has 1 saturated heterocycles. The molecule has 2 rings (SSSR count). The number of hydrogen-bond donors (Lipinski definition) is 0. The fraction of sp³-hybridized carbons (Fsp3) is 0.552. The molecule has 2 unspecified atom stereocenters. The number of likely N-dealkylation sites (tertiary alicyclic amines) is 1. The molecule has 0 aliphatic carbocycles. The molecule has 0 saturated carbocycles. The first-order valence-electron chi connectivity index (χ1n) is 13.1. The largest absolute Gasteiger partial charge is 0.869 e. The second-order valence-corrected chi connectivity index (χ2v) is 9.95. The summed E-state index contributed by atoms with van der Waals surface area (Å²) < 4.78 is 12.0. The predicted octanol–water partition coefficient (Wildman–Crippen LogP) is 3.64. The highest BCUT2D eigenvalue weighted by Gasteiger charge is 2.46. The molecule has 0 radical (unpaired) electrons. The van der Waals surface area contributed by atoms with Crippen LogP contribution >= 0.6 is 0 Å². The average Bonchev–Trinajstić information content (AvgIpc) is 2.87. The number of hydrogen-bond acceptors (Lipinski definition) is 6. The number of rotatable bonds is 12. The van der Waals surface area contributed by atoms with Crippen LogP contribution in [0.25, 0.3) is 15.8 Å². The van der Waals surface area contributed by atoms with E-state index in [1.165, 1.54) is 25.2 Å². The molecular weight excluding hydrogens is 500 g/mol. The minimum atomic E-state index is -1.03. The van der Waals surface area contributed by atoms with E-state index in [9.17, 15) is 19.5 Å². The standard InChI is InChI=1S/C29H38N4O6/c1-18(2)38-16-10-14-32-26(34)22(20(5)24(30-7)28(32)36)12-9-13-23-21(6)25(31-8)29(37)33(27(23)35)15-11-17-39-19(3)4/h9,12-13,18-20,24,37H,10-11,14-17H2,1-6H3/p-1. The van der Waals surface area contributed by atoms with E-state index in [2.05, 4.69) is 9.69 Å². The van der Waals surface area contributed by atoms with Gasteiger partial charge in [0, 0.05) is 37.4 Å². The van der Waals surface area contributed by atoms with E-state index >= 15 is 0 Å². The summed E-state index contributed by atoms with van der Waals surface area (Å²) >= 11 is 0. The first kappa shape index (κ1) is 31.5. The molecule has 1 fully saturated rings. The zero-order chi connectivity index (χ0) is 29.3. The van der Waals surface area contributed by atoms with Gasteiger partial charge in [-0.25, -0.2) is 11.4 Å². The van der Waals surface area contributed by atoms with E-state index in [1.807, 2.05) is 27.7 Å². The Labute approximate surface area is 230 Å². The summed E-state index contributed by atoms with van der Waals surface area (Å²) in [4.78, 5) is 47.1. The number of carbonyl (C=O) groups excluding carboxylic acids is 2. The molecule has 0 spiro atoms. The SMILES string of the molecule is [C-]#[N+]c1c(C)c(C=CC=C2C(=O)N(CCCOC(C)C)C(=O)C([N+]#[C-])C2C)c(=O)n(CCCOC(C)C)c1[O-]. The third kappa shape index (κ3) is 7.66. The molecule has 10 nitrogen and oxygen atoms in total. The molecule has 2 amide bonds. The predicted molar refractivity (Wildman–Crippen MR) is 146 cm³/mol. The third-order valence-corrected chi connectivity index (χ3v) is 6.40. The molecule has 210 valence electrons. The van der Waals surface area contributed by atoms with Crippen LogP contribution in [0.1, 0.15) is 58.6 Å². The Kier molecular flexibility index (Phi) is 11.7. The van der Waals surface area contributed by atoms with Gasteiger partial charge in [-0.05, 0) is 58.9 Å². The Hall–Kier alpha value is -3.73. The van der Waals surface area contributed by atoms with E-state index in [-0.39, 0.29) is 47.7 Å². The van der Waals surface area contributed by atoms with Gasteiger partial charge in [-0.15, -0.1) is 0 Å². The second kappa shape index (κ2) is 14.4. The molecule has 0 aromatic carbocycles. The van der Waals surface area contributed by atoms with Crippen LogP contribution in [0.4, 0.5) is 5.69 Å². The lowest BCUT2D eigenvalue weighted by molar-refractivity contribution is -0.278. The molecule has 0 bridgehead atoms. The third-order valence-electron chi connectivity index (χ3n) is 6.40. The van der Waals surface area contributed by atoms with Gasteiger partial charge in [0.25, 0.3) is 11.5 Å². The summed E-state index contributed by atoms with van der Waals surface area (Å²) in [5, 5.41) is 12.8. The lowest BCUT2D eigenvalue weighted by Gasteiger charge is -2.31. The summed E-state index contributed by atoms with van der Waals surface area (Å²) in [6.07, 6.45) is 5.37. The van der Waals surface area contributed by atoms with Gasteiger partial charge < -0.3 is 24.0 Å². The molecule has 0 N–H and O–H groups in total. The number of carbonyl (C=O) groups is 2. The van der Waals surface area contributed by atoms with Crippen molar-refractivity contribution in [3.05, 3.63) is 62.0 Å². The minimum Gasteiger partial charge on any atom is -0.869 e. The van der Waals surface area contributed by atoms with Gasteiger partial charge in [0.05, 0.1) is 24.7 Å². The highest BCUT2D eigenvalue weighted by molar-refractivity contribution is 6.10. The van der Waals surface area contributed by atoms with Crippen molar-refractivity contribution in [2.24, 2.45) is 5.92 Å². The quantitative estimate of drug-likeness (QED) is 0.174. The second-order valence-electron chi connectivity index (χ2n) is 9.95. The molecule has 1 aromatic heterocycles. The molecular formula is C29H37N4O6-. The molecule has 1 aromatic rings. The number of ether oxygens (including phenoxy) is 2. The molecule has 10 heteroatoms. The number of imide groups is 1. The average molecular weight is 538 g/mol. The Morgan fingerprint density at radius 1 is 1.03 bits per heavy atom. The van der Waals surface area contributed by atoms with E-state index in [0.717, 1.165) is 9.47 Å². The van der Waals surface area contributed by atoms with Crippen molar-refractivity contribution in [2.75, 3.05) is 19.8 Å². The van der Waals surface area contributed by atoms with E-state index < -0.39 is 35.2 Å². The zero-order valence-electron chi connectivity index (χ0n) is 23.5. The number of aromatic nitrogens is 1. The number of allylic oxidation sites excluding steroid dienone is 2. The van der Waals surface area contributed by atoms with Crippen LogP contribution in [0.2, 0.25) is 0 Å². The van der Waals surface area contributed by atoms with Crippen molar-refractivity contribution in [3.8, 4) is 5.88 Å². The minimum absolute atomic E-state index is 0.0173. The van der Waals surface area contributed by atoms with Gasteiger partial charge in [-0.2, -0.15) is 0 Å². The fourth-order valence-corrected chi connectivity index (χ4v) is 4.27. The monoisotopic (exact) mass is 537 g/mol. The van der Waals surface area contributed by atoms with Crippen molar-refractivity contribution >= 4 is 23.6 Å². The van der Waals surface area contributed by atoms with Crippen LogP contribution in [0.15, 0.2) is 22.5 Å². The molecule has 1 aliphatic rings. The number of amides is 2. The van der Waals surface area contributed by atoms with Crippen molar-refractivity contribution < 1.29 is 24.2 Å². The van der Waals surface area contributed by atoms with Crippen molar-refractivity contribution in [1.82, 2.24) is 9.47 Å². The molecule has 2 heterocycles. The summed E-state index contributed by atoms with van der Waals surface area (Å²) in [6, 6.07) is -1.03. The van der Waals surface area contributed by atoms with Crippen LogP contribution < -0.4 is 10.7 Å². The highest BCUT2D eigenvalue weighted by atomic mass is 16.5. The normalized spacial score (nSPS) is 18.9. The summed E-state index contributed by atoms with van der Waals surface area (Å²) in [7, 11) is 0. The van der Waals surface area contributed by atoms with E-state index in [1.54, 1.807) is 6.92 Å². The summed E-state index contributed by atoms with van der Waals surface area (Å²) in [5.74, 6) is -2.30. The Morgan fingerprint density at radius 3 is 2.15 bits per heavy atom. The molecule has 2 atom stereocenters. The Balaban J connectivity index is 2.39. The van der Waals surface area contributed by atoms with Gasteiger partial charge in [0.1, 0.15) is 0 Å². The molecule has 1 aliphatic heterocycles. The van der Waals surface area contributed by atoms with Gasteiger partial charge in [-0.1, -0.05) is 25.2 Å². The first-order chi connectivity index (χ1) is 18.5. The maximum absolute atomic E-state index is 13.2. The van der Waals surface area contributed by atoms with Crippen LogP contribution in [0.5, 0.6) is 5.88 Å². The van der Waals surface area contributed by atoms with Gasteiger partial charge in [0.15, 0.2) is 5.69 Å². The lowest BCUT2D eigenvalue weighted by Crippen LogP contribution is -2.52. The first-order valence-corrected chi connectivity index (χ1v) is 13.1. The lowest BCUT2D eigenvalue weighted by atomic mass is 9.87.